The summed E-state index contributed by atoms with van der Waals surface area (Å²) in [5, 5.41) is 6.29. The summed E-state index contributed by atoms with van der Waals surface area (Å²) >= 11 is 6.01. The Morgan fingerprint density at radius 2 is 1.81 bits per heavy atom. The van der Waals surface area contributed by atoms with Crippen LogP contribution in [0, 0.1) is 5.41 Å². The molecule has 4 nitrogen and oxygen atoms in total. The first-order valence-corrected chi connectivity index (χ1v) is 7.47. The van der Waals surface area contributed by atoms with Gasteiger partial charge in [0.2, 0.25) is 11.8 Å². The van der Waals surface area contributed by atoms with Gasteiger partial charge < -0.3 is 10.6 Å². The zero-order valence-electron chi connectivity index (χ0n) is 12.8. The van der Waals surface area contributed by atoms with Gasteiger partial charge in [-0.05, 0) is 18.1 Å². The Hall–Kier alpha value is -1.55. The van der Waals surface area contributed by atoms with Gasteiger partial charge in [-0.3, -0.25) is 9.59 Å². The molecule has 0 aliphatic heterocycles. The highest BCUT2D eigenvalue weighted by Crippen LogP contribution is 2.14. The van der Waals surface area contributed by atoms with Crippen LogP contribution in [-0.2, 0) is 16.1 Å². The zero-order chi connectivity index (χ0) is 15.9. The second-order valence-electron chi connectivity index (χ2n) is 5.98. The van der Waals surface area contributed by atoms with Crippen molar-refractivity contribution < 1.29 is 9.59 Å². The van der Waals surface area contributed by atoms with Gasteiger partial charge in [0.25, 0.3) is 0 Å². The van der Waals surface area contributed by atoms with Crippen LogP contribution in [0.5, 0.6) is 0 Å². The van der Waals surface area contributed by atoms with E-state index in [1.165, 1.54) is 0 Å². The van der Waals surface area contributed by atoms with E-state index in [-0.39, 0.29) is 11.8 Å². The van der Waals surface area contributed by atoms with E-state index in [1.54, 1.807) is 6.07 Å². The van der Waals surface area contributed by atoms with Crippen LogP contribution >= 0.6 is 11.6 Å². The summed E-state index contributed by atoms with van der Waals surface area (Å²) in [6, 6.07) is 7.41. The molecule has 1 aromatic carbocycles. The lowest BCUT2D eigenvalue weighted by molar-refractivity contribution is -0.128. The maximum absolute atomic E-state index is 11.7. The lowest BCUT2D eigenvalue weighted by atomic mass is 9.96. The normalized spacial score (nSPS) is 11.0. The maximum Gasteiger partial charge on any atom is 0.225 e. The van der Waals surface area contributed by atoms with E-state index >= 15 is 0 Å². The minimum Gasteiger partial charge on any atom is -0.356 e. The van der Waals surface area contributed by atoms with Crippen molar-refractivity contribution in [3.63, 3.8) is 0 Å². The third-order valence-corrected chi connectivity index (χ3v) is 3.35. The molecule has 0 aliphatic rings. The van der Waals surface area contributed by atoms with Crippen LogP contribution in [-0.4, -0.2) is 18.4 Å². The van der Waals surface area contributed by atoms with E-state index in [2.05, 4.69) is 10.6 Å². The van der Waals surface area contributed by atoms with Crippen LogP contribution in [0.25, 0.3) is 0 Å². The van der Waals surface area contributed by atoms with Crippen LogP contribution in [0.15, 0.2) is 24.3 Å². The standard InChI is InChI=1S/C16H23ClN2O2/c1-16(2,3)15(21)18-10-6-9-14(20)19-11-12-7-4-5-8-13(12)17/h4-5,7-8H,6,9-11H2,1-3H3,(H,18,21)(H,19,20). The van der Waals surface area contributed by atoms with E-state index in [0.29, 0.717) is 31.0 Å². The van der Waals surface area contributed by atoms with Crippen LogP contribution in [0.1, 0.15) is 39.2 Å². The van der Waals surface area contributed by atoms with E-state index in [9.17, 15) is 9.59 Å². The van der Waals surface area contributed by atoms with Gasteiger partial charge in [-0.25, -0.2) is 0 Å². The molecule has 0 radical (unpaired) electrons. The topological polar surface area (TPSA) is 58.2 Å². The van der Waals surface area contributed by atoms with Crippen LogP contribution in [0.3, 0.4) is 0 Å². The molecule has 0 aromatic heterocycles. The van der Waals surface area contributed by atoms with Gasteiger partial charge in [0, 0.05) is 29.9 Å². The number of rotatable bonds is 6. The third-order valence-electron chi connectivity index (χ3n) is 2.98. The molecule has 5 heteroatoms. The van der Waals surface area contributed by atoms with Crippen molar-refractivity contribution in [2.24, 2.45) is 5.41 Å². The van der Waals surface area contributed by atoms with Crippen LogP contribution < -0.4 is 10.6 Å². The first-order valence-electron chi connectivity index (χ1n) is 7.09. The first kappa shape index (κ1) is 17.5. The predicted octanol–water partition coefficient (Wildman–Crippen LogP) is 2.90. The lowest BCUT2D eigenvalue weighted by Gasteiger charge is -2.17. The Kier molecular flexibility index (Phi) is 6.69. The highest BCUT2D eigenvalue weighted by molar-refractivity contribution is 6.31. The van der Waals surface area contributed by atoms with Crippen molar-refractivity contribution in [1.29, 1.82) is 0 Å². The van der Waals surface area contributed by atoms with E-state index in [1.807, 2.05) is 39.0 Å². The third kappa shape index (κ3) is 6.63. The van der Waals surface area contributed by atoms with E-state index in [0.717, 1.165) is 5.56 Å². The largest absolute Gasteiger partial charge is 0.356 e. The molecule has 0 saturated carbocycles. The monoisotopic (exact) mass is 310 g/mol. The molecule has 116 valence electrons. The second-order valence-corrected chi connectivity index (χ2v) is 6.38. The number of carbonyl (C=O) groups is 2. The molecule has 0 saturated heterocycles. The second kappa shape index (κ2) is 8.03. The fourth-order valence-electron chi connectivity index (χ4n) is 1.64. The molecular formula is C16H23ClN2O2. The van der Waals surface area contributed by atoms with Gasteiger partial charge in [-0.15, -0.1) is 0 Å². The van der Waals surface area contributed by atoms with Gasteiger partial charge in [0.05, 0.1) is 0 Å². The highest BCUT2D eigenvalue weighted by atomic mass is 35.5. The zero-order valence-corrected chi connectivity index (χ0v) is 13.6. The smallest absolute Gasteiger partial charge is 0.225 e. The van der Waals surface area contributed by atoms with E-state index < -0.39 is 5.41 Å². The van der Waals surface area contributed by atoms with Gasteiger partial charge in [-0.1, -0.05) is 50.6 Å². The number of benzene rings is 1. The highest BCUT2D eigenvalue weighted by Gasteiger charge is 2.20. The SMILES string of the molecule is CC(C)(C)C(=O)NCCCC(=O)NCc1ccccc1Cl. The fourth-order valence-corrected chi connectivity index (χ4v) is 1.84. The molecule has 2 N–H and O–H groups in total. The molecule has 2 amide bonds. The number of hydrogen-bond acceptors (Lipinski definition) is 2. The van der Waals surface area contributed by atoms with Gasteiger partial charge in [-0.2, -0.15) is 0 Å². The molecule has 1 aromatic rings. The first-order chi connectivity index (χ1) is 9.80. The molecule has 0 spiro atoms. The Morgan fingerprint density at radius 3 is 2.43 bits per heavy atom. The predicted molar refractivity (Wildman–Crippen MR) is 85.0 cm³/mol. The Labute approximate surface area is 131 Å². The summed E-state index contributed by atoms with van der Waals surface area (Å²) in [4.78, 5) is 23.3. The Morgan fingerprint density at radius 1 is 1.14 bits per heavy atom. The van der Waals surface area contributed by atoms with Crippen molar-refractivity contribution in [2.45, 2.75) is 40.2 Å². The molecule has 0 heterocycles. The lowest BCUT2D eigenvalue weighted by Crippen LogP contribution is -2.35. The van der Waals surface area contributed by atoms with Crippen molar-refractivity contribution in [1.82, 2.24) is 10.6 Å². The van der Waals surface area contributed by atoms with Gasteiger partial charge >= 0.3 is 0 Å². The molecular weight excluding hydrogens is 288 g/mol. The quantitative estimate of drug-likeness (QED) is 0.794. The summed E-state index contributed by atoms with van der Waals surface area (Å²) in [6.07, 6.45) is 1.01. The molecule has 0 unspecified atom stereocenters. The Bertz CT molecular complexity index is 495. The summed E-state index contributed by atoms with van der Waals surface area (Å²) in [5.74, 6) is -0.0427. The van der Waals surface area contributed by atoms with E-state index in [4.69, 9.17) is 11.6 Å². The van der Waals surface area contributed by atoms with Crippen LogP contribution in [0.2, 0.25) is 5.02 Å². The maximum atomic E-state index is 11.7. The molecule has 0 aliphatic carbocycles. The molecule has 0 bridgehead atoms. The van der Waals surface area contributed by atoms with Gasteiger partial charge in [0.1, 0.15) is 0 Å². The average molecular weight is 311 g/mol. The van der Waals surface area contributed by atoms with Gasteiger partial charge in [0.15, 0.2) is 0 Å². The minimum atomic E-state index is -0.397. The van der Waals surface area contributed by atoms with Crippen molar-refractivity contribution in [2.75, 3.05) is 6.54 Å². The van der Waals surface area contributed by atoms with Crippen molar-refractivity contribution in [3.8, 4) is 0 Å². The number of hydrogen-bond donors (Lipinski definition) is 2. The summed E-state index contributed by atoms with van der Waals surface area (Å²) in [6.45, 7) is 6.51. The summed E-state index contributed by atoms with van der Waals surface area (Å²) in [7, 11) is 0. The summed E-state index contributed by atoms with van der Waals surface area (Å²) in [5.41, 5.74) is 0.500. The fraction of sp³-hybridized carbons (Fsp3) is 0.500. The average Bonchev–Trinajstić information content (AvgIpc) is 2.41. The minimum absolute atomic E-state index is 0.000949. The number of halogens is 1. The molecule has 0 fully saturated rings. The van der Waals surface area contributed by atoms with Crippen molar-refractivity contribution >= 4 is 23.4 Å². The molecule has 0 atom stereocenters. The number of nitrogens with one attached hydrogen (secondary N) is 2. The number of amides is 2. The van der Waals surface area contributed by atoms with Crippen LogP contribution in [0.4, 0.5) is 0 Å². The number of carbonyl (C=O) groups excluding carboxylic acids is 2. The molecule has 21 heavy (non-hydrogen) atoms. The van der Waals surface area contributed by atoms with Crippen molar-refractivity contribution in [3.05, 3.63) is 34.9 Å². The summed E-state index contributed by atoms with van der Waals surface area (Å²) < 4.78 is 0. The Balaban J connectivity index is 2.21. The molecule has 1 rings (SSSR count).